The topological polar surface area (TPSA) is 60.3 Å². The minimum atomic E-state index is -3.40. The maximum Gasteiger partial charge on any atom is 0.229 e. The predicted molar refractivity (Wildman–Crippen MR) is 146 cm³/mol. The van der Waals surface area contributed by atoms with Crippen LogP contribution < -0.4 is 9.46 Å². The van der Waals surface area contributed by atoms with Gasteiger partial charge in [-0.05, 0) is 46.5 Å². The molecule has 0 atom stereocenters. The number of hydrogen-bond donors (Lipinski definition) is 1. The van der Waals surface area contributed by atoms with Gasteiger partial charge in [0.2, 0.25) is 10.0 Å². The van der Waals surface area contributed by atoms with Crippen LogP contribution in [0.25, 0.3) is 10.9 Å². The van der Waals surface area contributed by atoms with Gasteiger partial charge in [0.05, 0.1) is 19.4 Å². The van der Waals surface area contributed by atoms with Crippen molar-refractivity contribution >= 4 is 26.6 Å². The lowest BCUT2D eigenvalue weighted by Crippen LogP contribution is -2.11. The molecule has 1 N–H and O–H groups in total. The van der Waals surface area contributed by atoms with E-state index in [2.05, 4.69) is 70.1 Å². The zero-order valence-electron chi connectivity index (χ0n) is 20.3. The summed E-state index contributed by atoms with van der Waals surface area (Å²) in [6.07, 6.45) is 4.00. The van der Waals surface area contributed by atoms with Crippen molar-refractivity contribution in [3.63, 3.8) is 0 Å². The van der Waals surface area contributed by atoms with Gasteiger partial charge in [-0.25, -0.2) is 8.42 Å². The SMILES string of the molecule is COc1ccccc1Cc1cn(C(c2ccccc2)c2ccccc2)c2ccc(NS(C)(=O)=O)cc12. The van der Waals surface area contributed by atoms with E-state index >= 15 is 0 Å². The Morgan fingerprint density at radius 2 is 1.42 bits per heavy atom. The van der Waals surface area contributed by atoms with Crippen LogP contribution in [-0.4, -0.2) is 26.4 Å². The minimum Gasteiger partial charge on any atom is -0.496 e. The molecule has 0 spiro atoms. The number of fused-ring (bicyclic) bond motifs is 1. The first-order chi connectivity index (χ1) is 17.4. The molecule has 5 nitrogen and oxygen atoms in total. The number of rotatable bonds is 8. The molecule has 0 saturated carbocycles. The van der Waals surface area contributed by atoms with E-state index in [1.807, 2.05) is 48.5 Å². The van der Waals surface area contributed by atoms with Crippen molar-refractivity contribution < 1.29 is 13.2 Å². The first-order valence-electron chi connectivity index (χ1n) is 11.8. The van der Waals surface area contributed by atoms with E-state index in [0.717, 1.165) is 27.8 Å². The van der Waals surface area contributed by atoms with E-state index in [0.29, 0.717) is 12.1 Å². The van der Waals surface area contributed by atoms with Crippen LogP contribution >= 0.6 is 0 Å². The lowest BCUT2D eigenvalue weighted by molar-refractivity contribution is 0.410. The van der Waals surface area contributed by atoms with Crippen molar-refractivity contribution in [3.8, 4) is 5.75 Å². The summed E-state index contributed by atoms with van der Waals surface area (Å²) < 4.78 is 34.4. The maximum absolute atomic E-state index is 11.9. The summed E-state index contributed by atoms with van der Waals surface area (Å²) in [5, 5.41) is 0.992. The third-order valence-corrected chi connectivity index (χ3v) is 6.91. The number of anilines is 1. The zero-order chi connectivity index (χ0) is 25.1. The molecule has 0 fully saturated rings. The number of ether oxygens (including phenoxy) is 1. The number of methoxy groups -OCH3 is 1. The molecule has 0 unspecified atom stereocenters. The van der Waals surface area contributed by atoms with Crippen molar-refractivity contribution in [3.05, 3.63) is 132 Å². The largest absolute Gasteiger partial charge is 0.496 e. The van der Waals surface area contributed by atoms with Crippen LogP contribution in [0.5, 0.6) is 5.75 Å². The highest BCUT2D eigenvalue weighted by Gasteiger charge is 2.21. The van der Waals surface area contributed by atoms with Gasteiger partial charge in [0.15, 0.2) is 0 Å². The Labute approximate surface area is 212 Å². The molecule has 182 valence electrons. The van der Waals surface area contributed by atoms with Crippen LogP contribution in [0.1, 0.15) is 28.3 Å². The second kappa shape index (κ2) is 9.91. The standard InChI is InChI=1S/C30H28N2O3S/c1-35-29-16-10-9-15-24(29)19-25-21-32(28-18-17-26(20-27(25)28)31-36(2,33)34)30(22-11-5-3-6-12-22)23-13-7-4-8-14-23/h3-18,20-21,30-31H,19H2,1-2H3. The summed E-state index contributed by atoms with van der Waals surface area (Å²) in [4.78, 5) is 0. The fourth-order valence-corrected chi connectivity index (χ4v) is 5.35. The zero-order valence-corrected chi connectivity index (χ0v) is 21.1. The molecule has 0 saturated heterocycles. The molecule has 4 aromatic carbocycles. The molecular formula is C30H28N2O3S. The molecule has 5 rings (SSSR count). The van der Waals surface area contributed by atoms with E-state index in [-0.39, 0.29) is 6.04 Å². The number of benzene rings is 4. The van der Waals surface area contributed by atoms with Crippen LogP contribution in [-0.2, 0) is 16.4 Å². The van der Waals surface area contributed by atoms with Crippen molar-refractivity contribution in [2.75, 3.05) is 18.1 Å². The van der Waals surface area contributed by atoms with Crippen LogP contribution in [0.4, 0.5) is 5.69 Å². The third kappa shape index (κ3) is 4.99. The molecular weight excluding hydrogens is 468 g/mol. The Hall–Kier alpha value is -4.03. The number of para-hydroxylation sites is 1. The Kier molecular flexibility index (Phi) is 6.53. The summed E-state index contributed by atoms with van der Waals surface area (Å²) in [6.45, 7) is 0. The maximum atomic E-state index is 11.9. The van der Waals surface area contributed by atoms with Crippen LogP contribution in [0.2, 0.25) is 0 Å². The second-order valence-corrected chi connectivity index (χ2v) is 10.6. The minimum absolute atomic E-state index is 0.0463. The van der Waals surface area contributed by atoms with Crippen LogP contribution in [0, 0.1) is 0 Å². The highest BCUT2D eigenvalue weighted by Crippen LogP contribution is 2.36. The molecule has 1 heterocycles. The molecule has 0 radical (unpaired) electrons. The van der Waals surface area contributed by atoms with Gasteiger partial charge in [0.1, 0.15) is 5.75 Å². The highest BCUT2D eigenvalue weighted by molar-refractivity contribution is 7.92. The number of aromatic nitrogens is 1. The second-order valence-electron chi connectivity index (χ2n) is 8.88. The monoisotopic (exact) mass is 496 g/mol. The summed E-state index contributed by atoms with van der Waals surface area (Å²) in [5.41, 5.74) is 6.06. The van der Waals surface area contributed by atoms with Gasteiger partial charge < -0.3 is 9.30 Å². The quantitative estimate of drug-likeness (QED) is 0.276. The Morgan fingerprint density at radius 1 is 0.806 bits per heavy atom. The summed E-state index contributed by atoms with van der Waals surface area (Å²) >= 11 is 0. The molecule has 1 aromatic heterocycles. The first-order valence-corrected chi connectivity index (χ1v) is 13.6. The third-order valence-electron chi connectivity index (χ3n) is 6.30. The number of nitrogens with zero attached hydrogens (tertiary/aromatic N) is 1. The molecule has 0 aliphatic heterocycles. The molecule has 0 aliphatic carbocycles. The van der Waals surface area contributed by atoms with E-state index in [9.17, 15) is 8.42 Å². The Balaban J connectivity index is 1.73. The lowest BCUT2D eigenvalue weighted by Gasteiger charge is -2.21. The molecule has 0 bridgehead atoms. The summed E-state index contributed by atoms with van der Waals surface area (Å²) in [5.74, 6) is 0.825. The highest BCUT2D eigenvalue weighted by atomic mass is 32.2. The van der Waals surface area contributed by atoms with Crippen molar-refractivity contribution in [2.24, 2.45) is 0 Å². The number of sulfonamides is 1. The van der Waals surface area contributed by atoms with Gasteiger partial charge in [0, 0.05) is 29.2 Å². The van der Waals surface area contributed by atoms with E-state index in [4.69, 9.17) is 4.74 Å². The van der Waals surface area contributed by atoms with Gasteiger partial charge in [-0.2, -0.15) is 0 Å². The van der Waals surface area contributed by atoms with E-state index in [1.54, 1.807) is 7.11 Å². The van der Waals surface area contributed by atoms with Crippen molar-refractivity contribution in [1.29, 1.82) is 0 Å². The number of hydrogen-bond acceptors (Lipinski definition) is 3. The Morgan fingerprint density at radius 3 is 2.03 bits per heavy atom. The van der Waals surface area contributed by atoms with Crippen molar-refractivity contribution in [2.45, 2.75) is 12.5 Å². The average molecular weight is 497 g/mol. The molecule has 0 amide bonds. The van der Waals surface area contributed by atoms with Gasteiger partial charge in [0.25, 0.3) is 0 Å². The van der Waals surface area contributed by atoms with Gasteiger partial charge in [-0.1, -0.05) is 78.9 Å². The normalized spacial score (nSPS) is 11.6. The fourth-order valence-electron chi connectivity index (χ4n) is 4.80. The predicted octanol–water partition coefficient (Wildman–Crippen LogP) is 6.25. The van der Waals surface area contributed by atoms with Crippen LogP contribution in [0.15, 0.2) is 109 Å². The molecule has 36 heavy (non-hydrogen) atoms. The number of nitrogens with one attached hydrogen (secondary N) is 1. The average Bonchev–Trinajstić information content (AvgIpc) is 3.22. The summed E-state index contributed by atoms with van der Waals surface area (Å²) in [6, 6.07) is 34.5. The molecule has 0 aliphatic rings. The van der Waals surface area contributed by atoms with E-state index in [1.165, 1.54) is 17.4 Å². The first kappa shape index (κ1) is 23.7. The molecule has 6 heteroatoms. The fraction of sp³-hybridized carbons (Fsp3) is 0.133. The van der Waals surface area contributed by atoms with Gasteiger partial charge in [-0.15, -0.1) is 0 Å². The van der Waals surface area contributed by atoms with E-state index < -0.39 is 10.0 Å². The van der Waals surface area contributed by atoms with Crippen LogP contribution in [0.3, 0.4) is 0 Å². The molecule has 5 aromatic rings. The van der Waals surface area contributed by atoms with Gasteiger partial charge >= 0.3 is 0 Å². The summed E-state index contributed by atoms with van der Waals surface area (Å²) in [7, 11) is -1.72. The van der Waals surface area contributed by atoms with Gasteiger partial charge in [-0.3, -0.25) is 4.72 Å². The lowest BCUT2D eigenvalue weighted by atomic mass is 9.98. The Bertz CT molecular complexity index is 1550. The smallest absolute Gasteiger partial charge is 0.229 e. The van der Waals surface area contributed by atoms with Crippen molar-refractivity contribution in [1.82, 2.24) is 4.57 Å².